The van der Waals surface area contributed by atoms with Crippen LogP contribution in [0.1, 0.15) is 34.7 Å². The Hall–Kier alpha value is -4.64. The van der Waals surface area contributed by atoms with E-state index in [1.165, 1.54) is 5.69 Å². The second-order valence-electron chi connectivity index (χ2n) is 11.4. The topological polar surface area (TPSA) is 90.6 Å². The SMILES string of the molecule is COc1ccc2c(c1)[C@]1(CC1c1ccc3c(/C=C/c4ccc(N5CCN(C)CC5)cc4)n[nH]c3c1)C(=O)N2.O=CC(F)(F)F. The Kier molecular flexibility index (Phi) is 7.66. The van der Waals surface area contributed by atoms with Gasteiger partial charge in [-0.05, 0) is 72.6 Å². The number of hydrogen-bond donors (Lipinski definition) is 2. The van der Waals surface area contributed by atoms with Crippen molar-refractivity contribution in [1.29, 1.82) is 0 Å². The number of likely N-dealkylation sites (N-methyl/N-ethyl adjacent to an activating group) is 1. The zero-order valence-electron chi connectivity index (χ0n) is 24.3. The highest BCUT2D eigenvalue weighted by Crippen LogP contribution is 2.65. The van der Waals surface area contributed by atoms with E-state index in [2.05, 4.69) is 87.0 Å². The molecule has 8 nitrogen and oxygen atoms in total. The molecule has 0 radical (unpaired) electrons. The second-order valence-corrected chi connectivity index (χ2v) is 11.4. The van der Waals surface area contributed by atoms with Crippen molar-refractivity contribution in [1.82, 2.24) is 15.1 Å². The van der Waals surface area contributed by atoms with Gasteiger partial charge in [0.15, 0.2) is 0 Å². The molecule has 0 bridgehead atoms. The number of carbonyl (C=O) groups excluding carboxylic acids is 2. The lowest BCUT2D eigenvalue weighted by Gasteiger charge is -2.34. The summed E-state index contributed by atoms with van der Waals surface area (Å²) in [4.78, 5) is 26.5. The number of carbonyl (C=O) groups is 2. The predicted molar refractivity (Wildman–Crippen MR) is 164 cm³/mol. The number of aldehydes is 1. The van der Waals surface area contributed by atoms with Gasteiger partial charge in [-0.15, -0.1) is 0 Å². The molecular formula is C33H32F3N5O3. The van der Waals surface area contributed by atoms with Crippen molar-refractivity contribution in [3.05, 3.63) is 83.0 Å². The average Bonchev–Trinajstić information content (AvgIpc) is 3.57. The van der Waals surface area contributed by atoms with Gasteiger partial charge >= 0.3 is 6.18 Å². The normalized spacial score (nSPS) is 21.2. The van der Waals surface area contributed by atoms with Crippen molar-refractivity contribution in [2.45, 2.75) is 23.9 Å². The van der Waals surface area contributed by atoms with E-state index in [1.807, 2.05) is 18.2 Å². The highest BCUT2D eigenvalue weighted by Gasteiger charge is 2.65. The molecule has 2 N–H and O–H groups in total. The van der Waals surface area contributed by atoms with E-state index in [0.29, 0.717) is 0 Å². The Morgan fingerprint density at radius 1 is 1.00 bits per heavy atom. The predicted octanol–water partition coefficient (Wildman–Crippen LogP) is 5.62. The maximum atomic E-state index is 13.0. The summed E-state index contributed by atoms with van der Waals surface area (Å²) in [7, 11) is 3.84. The fourth-order valence-electron chi connectivity index (χ4n) is 6.14. The van der Waals surface area contributed by atoms with Gasteiger partial charge in [0.1, 0.15) is 5.75 Å². The van der Waals surface area contributed by atoms with Crippen LogP contribution in [0.3, 0.4) is 0 Å². The van der Waals surface area contributed by atoms with Crippen molar-refractivity contribution >= 4 is 46.6 Å². The molecule has 228 valence electrons. The van der Waals surface area contributed by atoms with E-state index in [1.54, 1.807) is 7.11 Å². The molecule has 1 aromatic heterocycles. The van der Waals surface area contributed by atoms with Gasteiger partial charge in [0.2, 0.25) is 12.2 Å². The summed E-state index contributed by atoms with van der Waals surface area (Å²) in [6, 6.07) is 21.0. The number of piperazine rings is 1. The molecular weight excluding hydrogens is 571 g/mol. The summed E-state index contributed by atoms with van der Waals surface area (Å²) in [5.74, 6) is 0.999. The van der Waals surface area contributed by atoms with Crippen LogP contribution in [0.2, 0.25) is 0 Å². The van der Waals surface area contributed by atoms with E-state index >= 15 is 0 Å². The molecule has 7 rings (SSSR count). The fourth-order valence-corrected chi connectivity index (χ4v) is 6.14. The number of H-pyrrole nitrogens is 1. The van der Waals surface area contributed by atoms with Crippen LogP contribution in [0.25, 0.3) is 23.1 Å². The molecule has 1 spiro atoms. The lowest BCUT2D eigenvalue weighted by atomic mass is 9.91. The number of methoxy groups -OCH3 is 1. The van der Waals surface area contributed by atoms with Crippen molar-refractivity contribution in [3.63, 3.8) is 0 Å². The Morgan fingerprint density at radius 3 is 2.41 bits per heavy atom. The summed E-state index contributed by atoms with van der Waals surface area (Å²) in [6.45, 7) is 4.35. The van der Waals surface area contributed by atoms with Crippen LogP contribution in [0, 0.1) is 0 Å². The molecule has 1 amide bonds. The molecule has 4 aromatic rings. The molecule has 2 fully saturated rings. The molecule has 3 aliphatic rings. The zero-order valence-corrected chi connectivity index (χ0v) is 24.3. The summed E-state index contributed by atoms with van der Waals surface area (Å²) >= 11 is 0. The Morgan fingerprint density at radius 2 is 1.73 bits per heavy atom. The van der Waals surface area contributed by atoms with Gasteiger partial charge in [-0.3, -0.25) is 14.7 Å². The molecule has 3 aromatic carbocycles. The van der Waals surface area contributed by atoms with E-state index in [4.69, 9.17) is 9.53 Å². The molecule has 1 unspecified atom stereocenters. The Labute approximate surface area is 252 Å². The van der Waals surface area contributed by atoms with E-state index in [9.17, 15) is 18.0 Å². The number of nitrogens with one attached hydrogen (secondary N) is 2. The first kappa shape index (κ1) is 29.4. The van der Waals surface area contributed by atoms with Crippen molar-refractivity contribution in [2.75, 3.05) is 50.6 Å². The van der Waals surface area contributed by atoms with Crippen LogP contribution in [0.4, 0.5) is 24.5 Å². The van der Waals surface area contributed by atoms with Crippen LogP contribution in [0.5, 0.6) is 5.75 Å². The van der Waals surface area contributed by atoms with E-state index in [0.717, 1.165) is 77.3 Å². The maximum Gasteiger partial charge on any atom is 0.446 e. The number of alkyl halides is 3. The maximum absolute atomic E-state index is 13.0. The number of fused-ring (bicyclic) bond motifs is 3. The smallest absolute Gasteiger partial charge is 0.446 e. The number of anilines is 2. The Bertz CT molecular complexity index is 1730. The number of nitrogens with zero attached hydrogens (tertiary/aromatic N) is 3. The van der Waals surface area contributed by atoms with Crippen LogP contribution >= 0.6 is 0 Å². The van der Waals surface area contributed by atoms with Crippen molar-refractivity contribution < 1.29 is 27.5 Å². The largest absolute Gasteiger partial charge is 0.497 e. The molecule has 44 heavy (non-hydrogen) atoms. The van der Waals surface area contributed by atoms with Gasteiger partial charge < -0.3 is 19.9 Å². The summed E-state index contributed by atoms with van der Waals surface area (Å²) in [5, 5.41) is 11.9. The number of aromatic amines is 1. The minimum absolute atomic E-state index is 0.0812. The lowest BCUT2D eigenvalue weighted by Crippen LogP contribution is -2.44. The first-order valence-electron chi connectivity index (χ1n) is 14.3. The monoisotopic (exact) mass is 603 g/mol. The molecule has 2 atom stereocenters. The number of benzene rings is 3. The highest BCUT2D eigenvalue weighted by atomic mass is 19.4. The molecule has 11 heteroatoms. The van der Waals surface area contributed by atoms with Crippen LogP contribution in [0.15, 0.2) is 60.7 Å². The van der Waals surface area contributed by atoms with Gasteiger partial charge in [-0.1, -0.05) is 30.3 Å². The standard InChI is InChI=1S/C31H31N5O2.C2HF3O/c1-35-13-15-36(16-14-35)22-7-3-20(4-8-22)5-11-27-24-10-6-21(17-29(24)34-33-27)26-19-31(26)25-18-23(38-2)9-12-28(25)32-30(31)37;3-2(4,5)1-6/h3-12,17-18,26H,13-16,19H2,1-2H3,(H,32,37)(H,33,34);1H/b11-5+;/t26?,31-;/m0./s1. The van der Waals surface area contributed by atoms with E-state index < -0.39 is 17.9 Å². The molecule has 1 saturated carbocycles. The molecule has 1 aliphatic carbocycles. The van der Waals surface area contributed by atoms with Gasteiger partial charge in [-0.2, -0.15) is 18.3 Å². The number of amides is 1. The molecule has 1 saturated heterocycles. The molecule has 2 aliphatic heterocycles. The van der Waals surface area contributed by atoms with Crippen LogP contribution < -0.4 is 15.0 Å². The zero-order chi connectivity index (χ0) is 31.1. The van der Waals surface area contributed by atoms with Crippen LogP contribution in [-0.2, 0) is 15.0 Å². The average molecular weight is 604 g/mol. The number of ether oxygens (including phenoxy) is 1. The van der Waals surface area contributed by atoms with Gasteiger partial charge in [0, 0.05) is 48.9 Å². The van der Waals surface area contributed by atoms with Crippen LogP contribution in [-0.4, -0.2) is 73.8 Å². The lowest BCUT2D eigenvalue weighted by molar-refractivity contribution is -0.156. The Balaban J connectivity index is 0.000000523. The first-order valence-corrected chi connectivity index (χ1v) is 14.3. The van der Waals surface area contributed by atoms with Gasteiger partial charge in [0.05, 0.1) is 23.7 Å². The third kappa shape index (κ3) is 5.67. The van der Waals surface area contributed by atoms with E-state index in [-0.39, 0.29) is 11.8 Å². The minimum atomic E-state index is -4.64. The highest BCUT2D eigenvalue weighted by molar-refractivity contribution is 6.10. The summed E-state index contributed by atoms with van der Waals surface area (Å²) in [6.07, 6.45) is -0.724. The van der Waals surface area contributed by atoms with Crippen molar-refractivity contribution in [2.24, 2.45) is 0 Å². The number of rotatable bonds is 5. The second kappa shape index (κ2) is 11.5. The summed E-state index contributed by atoms with van der Waals surface area (Å²) in [5.41, 5.74) is 6.91. The number of aromatic nitrogens is 2. The third-order valence-electron chi connectivity index (χ3n) is 8.67. The third-order valence-corrected chi connectivity index (χ3v) is 8.67. The summed E-state index contributed by atoms with van der Waals surface area (Å²) < 4.78 is 36.7. The van der Waals surface area contributed by atoms with Crippen molar-refractivity contribution in [3.8, 4) is 5.75 Å². The van der Waals surface area contributed by atoms with Gasteiger partial charge in [0.25, 0.3) is 0 Å². The number of halogens is 3. The first-order chi connectivity index (χ1) is 21.1. The quantitative estimate of drug-likeness (QED) is 0.288. The minimum Gasteiger partial charge on any atom is -0.497 e. The molecule has 3 heterocycles. The fraction of sp³-hybridized carbons (Fsp3) is 0.303. The number of hydrogen-bond acceptors (Lipinski definition) is 6. The van der Waals surface area contributed by atoms with Gasteiger partial charge in [-0.25, -0.2) is 0 Å².